The molecule has 0 saturated carbocycles. The van der Waals surface area contributed by atoms with Gasteiger partial charge in [0.15, 0.2) is 0 Å². The fourth-order valence-corrected chi connectivity index (χ4v) is 2.29. The van der Waals surface area contributed by atoms with Crippen LogP contribution in [0, 0.1) is 0 Å². The number of para-hydroxylation sites is 1. The van der Waals surface area contributed by atoms with Crippen molar-refractivity contribution in [1.82, 2.24) is 9.78 Å². The highest BCUT2D eigenvalue weighted by molar-refractivity contribution is 5.96. The first kappa shape index (κ1) is 14.8. The predicted octanol–water partition coefficient (Wildman–Crippen LogP) is 4.40. The summed E-state index contributed by atoms with van der Waals surface area (Å²) in [5.41, 5.74) is 4.42. The lowest BCUT2D eigenvalue weighted by atomic mass is 10.1. The Morgan fingerprint density at radius 2 is 1.70 bits per heavy atom. The first-order valence-electron chi connectivity index (χ1n) is 7.35. The summed E-state index contributed by atoms with van der Waals surface area (Å²) in [5.74, 6) is 0. The number of nitrogens with zero attached hydrogens (tertiary/aromatic N) is 3. The lowest BCUT2D eigenvalue weighted by Crippen LogP contribution is -1.93. The van der Waals surface area contributed by atoms with Crippen LogP contribution in [0.1, 0.15) is 12.5 Å². The van der Waals surface area contributed by atoms with Crippen molar-refractivity contribution >= 4 is 11.8 Å². The van der Waals surface area contributed by atoms with Crippen molar-refractivity contribution in [2.75, 3.05) is 0 Å². The summed E-state index contributed by atoms with van der Waals surface area (Å²) < 4.78 is 1.85. The lowest BCUT2D eigenvalue weighted by molar-refractivity contribution is 0.319. The number of hydrogen-bond donors (Lipinski definition) is 1. The van der Waals surface area contributed by atoms with Crippen LogP contribution in [0.25, 0.3) is 23.0 Å². The van der Waals surface area contributed by atoms with E-state index in [1.165, 1.54) is 0 Å². The molecule has 0 fully saturated rings. The molecule has 4 nitrogen and oxygen atoms in total. The summed E-state index contributed by atoms with van der Waals surface area (Å²) in [6, 6.07) is 20.0. The predicted molar refractivity (Wildman–Crippen MR) is 92.9 cm³/mol. The number of aromatic nitrogens is 2. The third-order valence-electron chi connectivity index (χ3n) is 3.47. The number of benzene rings is 2. The molecule has 0 atom stereocenters. The van der Waals surface area contributed by atoms with Gasteiger partial charge in [-0.1, -0.05) is 53.7 Å². The number of hydrogen-bond acceptors (Lipinski definition) is 3. The van der Waals surface area contributed by atoms with E-state index >= 15 is 0 Å². The maximum absolute atomic E-state index is 8.80. The molecular formula is C19H17N3O. The number of oxime groups is 1. The Labute approximate surface area is 135 Å². The minimum atomic E-state index is 0.538. The maximum Gasteiger partial charge on any atom is 0.0999 e. The fourth-order valence-electron chi connectivity index (χ4n) is 2.29. The van der Waals surface area contributed by atoms with Gasteiger partial charge in [-0.15, -0.1) is 0 Å². The van der Waals surface area contributed by atoms with E-state index < -0.39 is 0 Å². The van der Waals surface area contributed by atoms with Crippen molar-refractivity contribution in [3.05, 3.63) is 78.5 Å². The average molecular weight is 303 g/mol. The molecular weight excluding hydrogens is 286 g/mol. The zero-order valence-electron chi connectivity index (χ0n) is 12.8. The summed E-state index contributed by atoms with van der Waals surface area (Å²) >= 11 is 0. The van der Waals surface area contributed by atoms with Gasteiger partial charge in [-0.3, -0.25) is 0 Å². The zero-order chi connectivity index (χ0) is 16.1. The van der Waals surface area contributed by atoms with E-state index in [1.54, 1.807) is 13.0 Å². The van der Waals surface area contributed by atoms with Crippen LogP contribution in [0.2, 0.25) is 0 Å². The molecule has 0 spiro atoms. The van der Waals surface area contributed by atoms with Gasteiger partial charge in [-0.05, 0) is 31.2 Å². The van der Waals surface area contributed by atoms with Crippen LogP contribution in [0.3, 0.4) is 0 Å². The summed E-state index contributed by atoms with van der Waals surface area (Å²) in [4.78, 5) is 0. The van der Waals surface area contributed by atoms with E-state index in [9.17, 15) is 0 Å². The van der Waals surface area contributed by atoms with Crippen LogP contribution in [0.5, 0.6) is 0 Å². The molecule has 4 heteroatoms. The van der Waals surface area contributed by atoms with Crippen molar-refractivity contribution in [2.45, 2.75) is 6.92 Å². The first-order chi connectivity index (χ1) is 11.3. The summed E-state index contributed by atoms with van der Waals surface area (Å²) in [6.07, 6.45) is 5.64. The minimum Gasteiger partial charge on any atom is -0.411 e. The van der Waals surface area contributed by atoms with E-state index in [1.807, 2.05) is 77.6 Å². The molecule has 0 aliphatic heterocycles. The van der Waals surface area contributed by atoms with E-state index in [0.717, 1.165) is 22.5 Å². The quantitative estimate of drug-likeness (QED) is 0.441. The Kier molecular flexibility index (Phi) is 4.34. The fraction of sp³-hybridized carbons (Fsp3) is 0.0526. The van der Waals surface area contributed by atoms with Crippen molar-refractivity contribution in [3.63, 3.8) is 0 Å². The van der Waals surface area contributed by atoms with Crippen LogP contribution in [0.4, 0.5) is 0 Å². The molecule has 0 bridgehead atoms. The molecule has 23 heavy (non-hydrogen) atoms. The summed E-state index contributed by atoms with van der Waals surface area (Å²) in [7, 11) is 0. The van der Waals surface area contributed by atoms with Crippen molar-refractivity contribution < 1.29 is 5.21 Å². The van der Waals surface area contributed by atoms with Gasteiger partial charge in [0.1, 0.15) is 0 Å². The first-order valence-corrected chi connectivity index (χ1v) is 7.35. The summed E-state index contributed by atoms with van der Waals surface area (Å²) in [5, 5.41) is 16.7. The normalized spacial score (nSPS) is 12.0. The van der Waals surface area contributed by atoms with Gasteiger partial charge in [0.2, 0.25) is 0 Å². The van der Waals surface area contributed by atoms with Crippen LogP contribution in [0.15, 0.2) is 78.1 Å². The smallest absolute Gasteiger partial charge is 0.0999 e. The molecule has 0 aliphatic carbocycles. The van der Waals surface area contributed by atoms with Gasteiger partial charge < -0.3 is 5.21 Å². The Balaban J connectivity index is 2.09. The Morgan fingerprint density at radius 3 is 2.35 bits per heavy atom. The molecule has 0 amide bonds. The van der Waals surface area contributed by atoms with E-state index in [2.05, 4.69) is 5.16 Å². The number of allylic oxidation sites excluding steroid dienone is 1. The Bertz CT molecular complexity index is 834. The van der Waals surface area contributed by atoms with Crippen molar-refractivity contribution in [3.8, 4) is 16.9 Å². The third-order valence-corrected chi connectivity index (χ3v) is 3.47. The number of rotatable bonds is 4. The van der Waals surface area contributed by atoms with Crippen LogP contribution in [-0.2, 0) is 0 Å². The van der Waals surface area contributed by atoms with Gasteiger partial charge in [0.05, 0.1) is 17.1 Å². The second-order valence-corrected chi connectivity index (χ2v) is 5.15. The highest BCUT2D eigenvalue weighted by Crippen LogP contribution is 2.24. The molecule has 0 unspecified atom stereocenters. The van der Waals surface area contributed by atoms with Gasteiger partial charge in [-0.25, -0.2) is 4.68 Å². The van der Waals surface area contributed by atoms with Crippen LogP contribution in [-0.4, -0.2) is 20.7 Å². The average Bonchev–Trinajstić information content (AvgIpc) is 3.05. The molecule has 0 saturated heterocycles. The molecule has 2 aromatic carbocycles. The van der Waals surface area contributed by atoms with Crippen LogP contribution < -0.4 is 0 Å². The summed E-state index contributed by atoms with van der Waals surface area (Å²) in [6.45, 7) is 1.74. The second-order valence-electron chi connectivity index (χ2n) is 5.15. The van der Waals surface area contributed by atoms with Gasteiger partial charge in [-0.2, -0.15) is 5.10 Å². The minimum absolute atomic E-state index is 0.538. The topological polar surface area (TPSA) is 50.4 Å². The monoisotopic (exact) mass is 303 g/mol. The van der Waals surface area contributed by atoms with E-state index in [-0.39, 0.29) is 0 Å². The largest absolute Gasteiger partial charge is 0.411 e. The molecule has 114 valence electrons. The van der Waals surface area contributed by atoms with Crippen LogP contribution >= 0.6 is 0 Å². The highest BCUT2D eigenvalue weighted by atomic mass is 16.4. The van der Waals surface area contributed by atoms with Crippen molar-refractivity contribution in [1.29, 1.82) is 0 Å². The molecule has 1 heterocycles. The van der Waals surface area contributed by atoms with E-state index in [4.69, 9.17) is 10.3 Å². The maximum atomic E-state index is 8.80. The molecule has 0 radical (unpaired) electrons. The Morgan fingerprint density at radius 1 is 1.04 bits per heavy atom. The van der Waals surface area contributed by atoms with Crippen molar-refractivity contribution in [2.24, 2.45) is 5.16 Å². The highest BCUT2D eigenvalue weighted by Gasteiger charge is 2.10. The van der Waals surface area contributed by atoms with E-state index in [0.29, 0.717) is 5.71 Å². The molecule has 1 aromatic heterocycles. The lowest BCUT2D eigenvalue weighted by Gasteiger charge is -2.00. The third kappa shape index (κ3) is 3.37. The molecule has 0 aliphatic rings. The molecule has 3 rings (SSSR count). The van der Waals surface area contributed by atoms with Gasteiger partial charge >= 0.3 is 0 Å². The Hall–Kier alpha value is -3.14. The SMILES string of the molecule is CC(C=Cc1cn(-c2ccccc2)nc1-c1ccccc1)=NO. The molecule has 3 aromatic rings. The van der Waals surface area contributed by atoms with Gasteiger partial charge in [0, 0.05) is 17.3 Å². The zero-order valence-corrected chi connectivity index (χ0v) is 12.8. The van der Waals surface area contributed by atoms with Gasteiger partial charge in [0.25, 0.3) is 0 Å². The second kappa shape index (κ2) is 6.75. The molecule has 1 N–H and O–H groups in total. The standard InChI is InChI=1S/C19H17N3O/c1-15(21-23)12-13-17-14-22(18-10-6-3-7-11-18)20-19(17)16-8-4-2-5-9-16/h2-14,23H,1H3.